The Balaban J connectivity index is 2.17. The van der Waals surface area contributed by atoms with Crippen molar-refractivity contribution in [2.75, 3.05) is 19.7 Å². The minimum atomic E-state index is -0.969. The van der Waals surface area contributed by atoms with E-state index in [4.69, 9.17) is 0 Å². The Morgan fingerprint density at radius 3 is 2.45 bits per heavy atom. The van der Waals surface area contributed by atoms with Gasteiger partial charge in [-0.3, -0.25) is 9.80 Å². The molecule has 1 aromatic carbocycles. The number of hydrogen-bond donors (Lipinski definition) is 2. The highest BCUT2D eigenvalue weighted by Crippen LogP contribution is 2.34. The lowest BCUT2D eigenvalue weighted by Gasteiger charge is -2.46. The molecule has 1 atom stereocenters. The molecule has 5 nitrogen and oxygen atoms in total. The molecule has 0 aromatic heterocycles. The van der Waals surface area contributed by atoms with Gasteiger partial charge in [0.25, 0.3) is 0 Å². The number of benzene rings is 1. The minimum Gasteiger partial charge on any atom is -0.465 e. The lowest BCUT2D eigenvalue weighted by atomic mass is 9.91. The second-order valence-electron chi connectivity index (χ2n) is 7.12. The van der Waals surface area contributed by atoms with Crippen LogP contribution in [-0.4, -0.2) is 56.9 Å². The second kappa shape index (κ2) is 6.26. The first-order valence-electron chi connectivity index (χ1n) is 7.69. The summed E-state index contributed by atoms with van der Waals surface area (Å²) >= 11 is 0. The molecule has 1 fully saturated rings. The Kier molecular flexibility index (Phi) is 4.78. The van der Waals surface area contributed by atoms with E-state index in [1.165, 1.54) is 10.5 Å². The molecule has 0 aliphatic carbocycles. The third kappa shape index (κ3) is 3.42. The van der Waals surface area contributed by atoms with Crippen molar-refractivity contribution in [3.05, 3.63) is 35.9 Å². The van der Waals surface area contributed by atoms with Crippen LogP contribution in [0, 0.1) is 0 Å². The van der Waals surface area contributed by atoms with Crippen molar-refractivity contribution < 1.29 is 15.0 Å². The average Bonchev–Trinajstić information content (AvgIpc) is 2.82. The van der Waals surface area contributed by atoms with E-state index in [0.29, 0.717) is 13.0 Å². The fourth-order valence-corrected chi connectivity index (χ4v) is 3.50. The molecule has 1 aromatic rings. The van der Waals surface area contributed by atoms with E-state index >= 15 is 0 Å². The Labute approximate surface area is 132 Å². The number of aliphatic hydroxyl groups excluding tert-OH is 1. The van der Waals surface area contributed by atoms with Gasteiger partial charge in [0, 0.05) is 25.2 Å². The standard InChI is InChI=1S/C17H26N2O3/c1-16(2,3)19(15(21)22)17(13-20)9-10-18(12-17)11-14-7-5-4-6-8-14/h4-8,20H,9-13H2,1-3H3,(H,21,22). The molecule has 22 heavy (non-hydrogen) atoms. The molecular weight excluding hydrogens is 280 g/mol. The number of likely N-dealkylation sites (tertiary alicyclic amines) is 1. The van der Waals surface area contributed by atoms with Crippen LogP contribution in [0.4, 0.5) is 4.79 Å². The monoisotopic (exact) mass is 306 g/mol. The molecule has 1 heterocycles. The second-order valence-corrected chi connectivity index (χ2v) is 7.12. The normalized spacial score (nSPS) is 22.7. The molecule has 1 amide bonds. The smallest absolute Gasteiger partial charge is 0.408 e. The molecule has 2 rings (SSSR count). The van der Waals surface area contributed by atoms with Gasteiger partial charge in [0.1, 0.15) is 0 Å². The van der Waals surface area contributed by atoms with Gasteiger partial charge in [0.15, 0.2) is 0 Å². The Bertz CT molecular complexity index is 512. The van der Waals surface area contributed by atoms with Crippen LogP contribution in [0.1, 0.15) is 32.8 Å². The number of carbonyl (C=O) groups is 1. The van der Waals surface area contributed by atoms with Gasteiger partial charge < -0.3 is 10.2 Å². The molecule has 0 saturated carbocycles. The maximum absolute atomic E-state index is 11.8. The van der Waals surface area contributed by atoms with Crippen molar-refractivity contribution in [2.45, 2.75) is 44.8 Å². The van der Waals surface area contributed by atoms with E-state index in [2.05, 4.69) is 17.0 Å². The zero-order valence-corrected chi connectivity index (χ0v) is 13.6. The molecule has 122 valence electrons. The molecule has 0 radical (unpaired) electrons. The van der Waals surface area contributed by atoms with E-state index in [0.717, 1.165) is 13.1 Å². The van der Waals surface area contributed by atoms with Crippen LogP contribution < -0.4 is 0 Å². The van der Waals surface area contributed by atoms with E-state index in [1.54, 1.807) is 0 Å². The molecule has 1 aliphatic rings. The largest absolute Gasteiger partial charge is 0.465 e. The number of aliphatic hydroxyl groups is 1. The van der Waals surface area contributed by atoms with E-state index in [9.17, 15) is 15.0 Å². The fourth-order valence-electron chi connectivity index (χ4n) is 3.50. The lowest BCUT2D eigenvalue weighted by Crippen LogP contribution is -2.62. The fraction of sp³-hybridized carbons (Fsp3) is 0.588. The quantitative estimate of drug-likeness (QED) is 0.896. The van der Waals surface area contributed by atoms with Gasteiger partial charge >= 0.3 is 6.09 Å². The van der Waals surface area contributed by atoms with Gasteiger partial charge in [-0.15, -0.1) is 0 Å². The van der Waals surface area contributed by atoms with Crippen LogP contribution >= 0.6 is 0 Å². The van der Waals surface area contributed by atoms with E-state index in [1.807, 2.05) is 39.0 Å². The highest BCUT2D eigenvalue weighted by Gasteiger charge is 2.49. The van der Waals surface area contributed by atoms with Crippen molar-refractivity contribution in [2.24, 2.45) is 0 Å². The van der Waals surface area contributed by atoms with Crippen molar-refractivity contribution in [1.82, 2.24) is 9.80 Å². The Morgan fingerprint density at radius 2 is 1.95 bits per heavy atom. The van der Waals surface area contributed by atoms with Crippen molar-refractivity contribution in [3.63, 3.8) is 0 Å². The Hall–Kier alpha value is -1.59. The number of rotatable bonds is 4. The third-order valence-electron chi connectivity index (χ3n) is 4.29. The zero-order chi connectivity index (χ0) is 16.4. The van der Waals surface area contributed by atoms with Gasteiger partial charge in [-0.2, -0.15) is 0 Å². The van der Waals surface area contributed by atoms with Gasteiger partial charge in [0.2, 0.25) is 0 Å². The summed E-state index contributed by atoms with van der Waals surface area (Å²) in [4.78, 5) is 15.4. The maximum atomic E-state index is 11.8. The Morgan fingerprint density at radius 1 is 1.32 bits per heavy atom. The van der Waals surface area contributed by atoms with E-state index < -0.39 is 17.2 Å². The molecule has 1 unspecified atom stereocenters. The summed E-state index contributed by atoms with van der Waals surface area (Å²) in [5, 5.41) is 19.6. The topological polar surface area (TPSA) is 64.0 Å². The molecule has 2 N–H and O–H groups in total. The van der Waals surface area contributed by atoms with Crippen molar-refractivity contribution in [3.8, 4) is 0 Å². The first kappa shape index (κ1) is 16.8. The molecular formula is C17H26N2O3. The summed E-state index contributed by atoms with van der Waals surface area (Å²) in [5.74, 6) is 0. The molecule has 0 spiro atoms. The molecule has 5 heteroatoms. The van der Waals surface area contributed by atoms with E-state index in [-0.39, 0.29) is 6.61 Å². The zero-order valence-electron chi connectivity index (χ0n) is 13.6. The van der Waals surface area contributed by atoms with Crippen LogP contribution in [0.25, 0.3) is 0 Å². The van der Waals surface area contributed by atoms with Gasteiger partial charge in [0.05, 0.1) is 12.1 Å². The van der Waals surface area contributed by atoms with Crippen LogP contribution in [-0.2, 0) is 6.54 Å². The molecule has 1 aliphatic heterocycles. The summed E-state index contributed by atoms with van der Waals surface area (Å²) < 4.78 is 0. The molecule has 0 bridgehead atoms. The van der Waals surface area contributed by atoms with Gasteiger partial charge in [-0.05, 0) is 32.8 Å². The van der Waals surface area contributed by atoms with Crippen LogP contribution in [0.5, 0.6) is 0 Å². The first-order valence-corrected chi connectivity index (χ1v) is 7.69. The van der Waals surface area contributed by atoms with Crippen molar-refractivity contribution in [1.29, 1.82) is 0 Å². The third-order valence-corrected chi connectivity index (χ3v) is 4.29. The maximum Gasteiger partial charge on any atom is 0.408 e. The number of amides is 1. The van der Waals surface area contributed by atoms with Crippen LogP contribution in [0.2, 0.25) is 0 Å². The summed E-state index contributed by atoms with van der Waals surface area (Å²) in [5.41, 5.74) is -0.0650. The summed E-state index contributed by atoms with van der Waals surface area (Å²) in [7, 11) is 0. The predicted octanol–water partition coefficient (Wildman–Crippen LogP) is 2.40. The minimum absolute atomic E-state index is 0.151. The SMILES string of the molecule is CC(C)(C)N(C(=O)O)C1(CO)CCN(Cc2ccccc2)C1. The highest BCUT2D eigenvalue weighted by atomic mass is 16.4. The lowest BCUT2D eigenvalue weighted by molar-refractivity contribution is -0.0113. The van der Waals surface area contributed by atoms with Gasteiger partial charge in [-0.1, -0.05) is 30.3 Å². The van der Waals surface area contributed by atoms with Crippen molar-refractivity contribution >= 4 is 6.09 Å². The summed E-state index contributed by atoms with van der Waals surface area (Å²) in [6.45, 7) is 7.59. The number of nitrogens with zero attached hydrogens (tertiary/aromatic N) is 2. The highest BCUT2D eigenvalue weighted by molar-refractivity contribution is 5.67. The first-order chi connectivity index (χ1) is 10.3. The number of carboxylic acid groups (broad SMARTS) is 1. The predicted molar refractivity (Wildman–Crippen MR) is 85.8 cm³/mol. The molecule has 1 saturated heterocycles. The van der Waals surface area contributed by atoms with Crippen LogP contribution in [0.15, 0.2) is 30.3 Å². The summed E-state index contributed by atoms with van der Waals surface area (Å²) in [6.07, 6.45) is -0.317. The number of hydrogen-bond acceptors (Lipinski definition) is 3. The average molecular weight is 306 g/mol. The van der Waals surface area contributed by atoms with Gasteiger partial charge in [-0.25, -0.2) is 4.79 Å². The van der Waals surface area contributed by atoms with Crippen LogP contribution in [0.3, 0.4) is 0 Å². The summed E-state index contributed by atoms with van der Waals surface area (Å²) in [6, 6.07) is 10.1.